The van der Waals surface area contributed by atoms with Crippen LogP contribution in [0.3, 0.4) is 0 Å². The van der Waals surface area contributed by atoms with Gasteiger partial charge >= 0.3 is 6.18 Å². The summed E-state index contributed by atoms with van der Waals surface area (Å²) < 4.78 is 52.9. The molecule has 0 bridgehead atoms. The van der Waals surface area contributed by atoms with Gasteiger partial charge in [-0.05, 0) is 17.2 Å². The highest BCUT2D eigenvalue weighted by Gasteiger charge is 2.48. The van der Waals surface area contributed by atoms with Gasteiger partial charge in [-0.3, -0.25) is 9.89 Å². The molecule has 1 atom stereocenters. The highest BCUT2D eigenvalue weighted by molar-refractivity contribution is 6.01. The first-order chi connectivity index (χ1) is 12.8. The zero-order chi connectivity index (χ0) is 19.2. The number of hydrogen-bond acceptors (Lipinski definition) is 4. The van der Waals surface area contributed by atoms with Crippen molar-refractivity contribution in [1.82, 2.24) is 15.1 Å². The monoisotopic (exact) mass is 382 g/mol. The molecular formula is C17H14F4N4O2. The predicted octanol–water partition coefficient (Wildman–Crippen LogP) is 2.79. The molecule has 1 amide bonds. The van der Waals surface area contributed by atoms with Crippen LogP contribution in [0.5, 0.6) is 0 Å². The van der Waals surface area contributed by atoms with Crippen LogP contribution in [-0.2, 0) is 10.5 Å². The molecule has 2 aliphatic heterocycles. The summed E-state index contributed by atoms with van der Waals surface area (Å²) >= 11 is 0. The average Bonchev–Trinajstić information content (AvgIpc) is 3.29. The highest BCUT2D eigenvalue weighted by atomic mass is 19.4. The molecule has 3 heterocycles. The smallest absolute Gasteiger partial charge is 0.382 e. The number of alkyl halides is 4. The first-order valence-corrected chi connectivity index (χ1v) is 8.14. The van der Waals surface area contributed by atoms with Crippen molar-refractivity contribution in [3.05, 3.63) is 53.3 Å². The largest absolute Gasteiger partial charge is 0.428 e. The summed E-state index contributed by atoms with van der Waals surface area (Å²) in [4.78, 5) is 17.9. The summed E-state index contributed by atoms with van der Waals surface area (Å²) in [7, 11) is 0. The van der Waals surface area contributed by atoms with E-state index in [1.54, 1.807) is 0 Å². The molecule has 1 saturated heterocycles. The molecule has 10 heteroatoms. The summed E-state index contributed by atoms with van der Waals surface area (Å²) in [5.41, 5.74) is -0.450. The number of aromatic nitrogens is 2. The fourth-order valence-electron chi connectivity index (χ4n) is 3.12. The standard InChI is InChI=1S/C17H14F4N4O2/c18-16(8-25(9-16)15(26)12-5-6-22-23-12)11-3-1-10(2-4-11)13-7-14(27-24-13)17(19,20)21/h1-6,14H,7-9H2,(H,22,23). The van der Waals surface area contributed by atoms with E-state index in [1.165, 1.54) is 41.4 Å². The molecule has 1 N–H and O–H groups in total. The Balaban J connectivity index is 1.41. The van der Waals surface area contributed by atoms with Crippen molar-refractivity contribution in [1.29, 1.82) is 0 Å². The van der Waals surface area contributed by atoms with Crippen LogP contribution in [0, 0.1) is 0 Å². The van der Waals surface area contributed by atoms with Crippen molar-refractivity contribution in [3.63, 3.8) is 0 Å². The molecule has 4 rings (SSSR count). The Hall–Kier alpha value is -2.91. The number of likely N-dealkylation sites (tertiary alicyclic amines) is 1. The molecule has 1 aromatic carbocycles. The lowest BCUT2D eigenvalue weighted by molar-refractivity contribution is -0.212. The first-order valence-electron chi connectivity index (χ1n) is 8.14. The molecule has 1 fully saturated rings. The third-order valence-corrected chi connectivity index (χ3v) is 4.67. The maximum atomic E-state index is 15.0. The Labute approximate surface area is 150 Å². The van der Waals surface area contributed by atoms with Crippen LogP contribution in [0.4, 0.5) is 17.6 Å². The van der Waals surface area contributed by atoms with E-state index in [-0.39, 0.29) is 36.8 Å². The lowest BCUT2D eigenvalue weighted by Gasteiger charge is -2.44. The molecule has 27 heavy (non-hydrogen) atoms. The van der Waals surface area contributed by atoms with Gasteiger partial charge in [-0.15, -0.1) is 0 Å². The van der Waals surface area contributed by atoms with Crippen molar-refractivity contribution < 1.29 is 27.2 Å². The van der Waals surface area contributed by atoms with E-state index >= 15 is 0 Å². The van der Waals surface area contributed by atoms with Crippen molar-refractivity contribution in [3.8, 4) is 0 Å². The number of rotatable bonds is 3. The predicted molar refractivity (Wildman–Crippen MR) is 85.8 cm³/mol. The Morgan fingerprint density at radius 3 is 2.48 bits per heavy atom. The van der Waals surface area contributed by atoms with Crippen LogP contribution in [0.2, 0.25) is 0 Å². The second kappa shape index (κ2) is 6.07. The molecule has 0 spiro atoms. The number of halogens is 4. The number of carbonyl (C=O) groups is 1. The van der Waals surface area contributed by atoms with E-state index < -0.39 is 17.9 Å². The zero-order valence-electron chi connectivity index (χ0n) is 13.8. The number of hydrogen-bond donors (Lipinski definition) is 1. The fourth-order valence-corrected chi connectivity index (χ4v) is 3.12. The van der Waals surface area contributed by atoms with Crippen LogP contribution >= 0.6 is 0 Å². The number of H-pyrrole nitrogens is 1. The summed E-state index contributed by atoms with van der Waals surface area (Å²) in [6.07, 6.45) is -5.37. The Kier molecular flexibility index (Phi) is 3.93. The van der Waals surface area contributed by atoms with Gasteiger partial charge in [0.2, 0.25) is 6.10 Å². The van der Waals surface area contributed by atoms with Crippen molar-refractivity contribution in [2.75, 3.05) is 13.1 Å². The van der Waals surface area contributed by atoms with Crippen LogP contribution in [0.15, 0.2) is 41.7 Å². The van der Waals surface area contributed by atoms with Gasteiger partial charge in [-0.25, -0.2) is 4.39 Å². The zero-order valence-corrected chi connectivity index (χ0v) is 13.8. The lowest BCUT2D eigenvalue weighted by atomic mass is 9.86. The van der Waals surface area contributed by atoms with Gasteiger partial charge < -0.3 is 9.74 Å². The minimum atomic E-state index is -4.48. The second-order valence-corrected chi connectivity index (χ2v) is 6.55. The molecule has 2 aliphatic rings. The minimum absolute atomic E-state index is 0.107. The van der Waals surface area contributed by atoms with E-state index in [1.807, 2.05) is 0 Å². The Morgan fingerprint density at radius 2 is 1.93 bits per heavy atom. The minimum Gasteiger partial charge on any atom is -0.382 e. The number of benzene rings is 1. The molecule has 142 valence electrons. The SMILES string of the molecule is O=C(c1ccn[nH]1)N1CC(F)(c2ccc(C3=NOC(C(F)(F)F)C3)cc2)C1. The number of nitrogens with one attached hydrogen (secondary N) is 1. The Morgan fingerprint density at radius 1 is 1.22 bits per heavy atom. The van der Waals surface area contributed by atoms with E-state index in [0.29, 0.717) is 11.1 Å². The van der Waals surface area contributed by atoms with E-state index in [9.17, 15) is 22.4 Å². The summed E-state index contributed by atoms with van der Waals surface area (Å²) in [6.45, 7) is -0.213. The van der Waals surface area contributed by atoms with Crippen molar-refractivity contribution >= 4 is 11.6 Å². The quantitative estimate of drug-likeness (QED) is 0.830. The Bertz CT molecular complexity index is 871. The third-order valence-electron chi connectivity index (χ3n) is 4.67. The molecule has 6 nitrogen and oxygen atoms in total. The molecule has 0 radical (unpaired) electrons. The summed E-state index contributed by atoms with van der Waals surface area (Å²) in [6, 6.07) is 7.52. The van der Waals surface area contributed by atoms with Gasteiger partial charge in [0.15, 0.2) is 5.67 Å². The van der Waals surface area contributed by atoms with Gasteiger partial charge in [0, 0.05) is 12.6 Å². The van der Waals surface area contributed by atoms with Crippen LogP contribution < -0.4 is 0 Å². The number of aromatic amines is 1. The average molecular weight is 382 g/mol. The maximum Gasteiger partial charge on any atom is 0.428 e. The van der Waals surface area contributed by atoms with Crippen molar-refractivity contribution in [2.24, 2.45) is 5.16 Å². The van der Waals surface area contributed by atoms with Gasteiger partial charge in [0.25, 0.3) is 5.91 Å². The van der Waals surface area contributed by atoms with Crippen molar-refractivity contribution in [2.45, 2.75) is 24.4 Å². The van der Waals surface area contributed by atoms with Gasteiger partial charge in [-0.2, -0.15) is 18.3 Å². The number of amides is 1. The second-order valence-electron chi connectivity index (χ2n) is 6.55. The summed E-state index contributed by atoms with van der Waals surface area (Å²) in [5, 5.41) is 9.71. The summed E-state index contributed by atoms with van der Waals surface area (Å²) in [5.74, 6) is -0.340. The van der Waals surface area contributed by atoms with E-state index in [0.717, 1.165) is 0 Å². The van der Waals surface area contributed by atoms with Crippen LogP contribution in [-0.4, -0.2) is 52.1 Å². The molecule has 0 aliphatic carbocycles. The van der Waals surface area contributed by atoms with Crippen LogP contribution in [0.25, 0.3) is 0 Å². The van der Waals surface area contributed by atoms with E-state index in [2.05, 4.69) is 20.2 Å². The van der Waals surface area contributed by atoms with Gasteiger partial charge in [-0.1, -0.05) is 29.4 Å². The number of carbonyl (C=O) groups excluding carboxylic acids is 1. The molecule has 2 aromatic rings. The van der Waals surface area contributed by atoms with Gasteiger partial charge in [0.1, 0.15) is 5.69 Å². The third kappa shape index (κ3) is 3.15. The number of nitrogens with zero attached hydrogens (tertiary/aromatic N) is 3. The van der Waals surface area contributed by atoms with Crippen LogP contribution in [0.1, 0.15) is 28.0 Å². The molecule has 1 aromatic heterocycles. The fraction of sp³-hybridized carbons (Fsp3) is 0.353. The molecule has 0 saturated carbocycles. The van der Waals surface area contributed by atoms with Gasteiger partial charge in [0.05, 0.1) is 18.8 Å². The normalized spacial score (nSPS) is 21.4. The maximum absolute atomic E-state index is 15.0. The topological polar surface area (TPSA) is 70.6 Å². The number of oxime groups is 1. The highest BCUT2D eigenvalue weighted by Crippen LogP contribution is 2.37. The first kappa shape index (κ1) is 17.5. The molecular weight excluding hydrogens is 368 g/mol. The molecule has 1 unspecified atom stereocenters. The lowest BCUT2D eigenvalue weighted by Crippen LogP contribution is -2.58. The van der Waals surface area contributed by atoms with E-state index in [4.69, 9.17) is 0 Å².